The summed E-state index contributed by atoms with van der Waals surface area (Å²) in [5.41, 5.74) is 0.756. The third-order valence-corrected chi connectivity index (χ3v) is 15.5. The van der Waals surface area contributed by atoms with Gasteiger partial charge in [-0.2, -0.15) is 0 Å². The van der Waals surface area contributed by atoms with Crippen LogP contribution in [-0.2, 0) is 9.47 Å². The van der Waals surface area contributed by atoms with Crippen LogP contribution in [0.25, 0.3) is 0 Å². The molecule has 1 unspecified atom stereocenters. The summed E-state index contributed by atoms with van der Waals surface area (Å²) in [7, 11) is 1.73. The number of amides is 2. The molecule has 0 aromatic heterocycles. The molecule has 5 saturated carbocycles. The van der Waals surface area contributed by atoms with Crippen molar-refractivity contribution >= 4 is 6.03 Å². The second kappa shape index (κ2) is 13.1. The standard InChI is InChI=1S/C38H66N4O4/c1-24-13-18-38(45-23-24)25(2)33-32(46-38)22-31-29-12-11-26-21-27(14-16-36(26,3)30(29)15-17-37(31,33)4)41-35(44)42(20-19-40-34(43)39-5)28-9-7-6-8-10-28/h24-34,39-40,43H,6-23H2,1-5H3,(H,41,44)/t24-,25-,26+,27+,29+,30-,31-,32-,33-,34?,36-,37-,38+/m0/s1. The lowest BCUT2D eigenvalue weighted by Crippen LogP contribution is -2.57. The first-order chi connectivity index (χ1) is 22.1. The second-order valence-corrected chi connectivity index (χ2v) is 17.7. The maximum atomic E-state index is 13.8. The fourth-order valence-corrected chi connectivity index (χ4v) is 12.9. The van der Waals surface area contributed by atoms with Crippen molar-refractivity contribution in [3.63, 3.8) is 0 Å². The molecule has 7 fully saturated rings. The van der Waals surface area contributed by atoms with Crippen molar-refractivity contribution in [1.29, 1.82) is 0 Å². The SMILES string of the molecule is CNC(O)NCCN(C(=O)N[C@@H]1CC[C@@]2(C)[C@H](CC[C@@H]3[C@@H]2CC[C@]2(C)[C@@H]4[C@H](C[C@@H]32)O[C@]2(CC[C@H](C)CO2)[C@H]4C)C1)C1CCCCC1. The van der Waals surface area contributed by atoms with Gasteiger partial charge in [-0.05, 0) is 124 Å². The Hall–Kier alpha value is -0.930. The second-order valence-electron chi connectivity index (χ2n) is 17.7. The van der Waals surface area contributed by atoms with Crippen LogP contribution in [0.1, 0.15) is 124 Å². The Kier molecular flexibility index (Phi) is 9.54. The van der Waals surface area contributed by atoms with E-state index in [1.165, 1.54) is 64.2 Å². The van der Waals surface area contributed by atoms with Crippen molar-refractivity contribution in [3.05, 3.63) is 0 Å². The smallest absolute Gasteiger partial charge is 0.317 e. The molecule has 2 aliphatic heterocycles. The molecule has 0 aromatic rings. The van der Waals surface area contributed by atoms with E-state index >= 15 is 0 Å². The minimum absolute atomic E-state index is 0.115. The quantitative estimate of drug-likeness (QED) is 0.246. The average molecular weight is 643 g/mol. The summed E-state index contributed by atoms with van der Waals surface area (Å²) in [6, 6.07) is 0.695. The fourth-order valence-electron chi connectivity index (χ4n) is 12.9. The van der Waals surface area contributed by atoms with Crippen LogP contribution in [0.5, 0.6) is 0 Å². The van der Waals surface area contributed by atoms with E-state index in [9.17, 15) is 9.90 Å². The Morgan fingerprint density at radius 1 is 0.935 bits per heavy atom. The number of nitrogens with zero attached hydrogens (tertiary/aromatic N) is 1. The first kappa shape index (κ1) is 33.6. The van der Waals surface area contributed by atoms with Crippen molar-refractivity contribution < 1.29 is 19.4 Å². The molecule has 2 saturated heterocycles. The minimum Gasteiger partial charge on any atom is -0.365 e. The summed E-state index contributed by atoms with van der Waals surface area (Å²) >= 11 is 0. The summed E-state index contributed by atoms with van der Waals surface area (Å²) in [4.78, 5) is 15.9. The van der Waals surface area contributed by atoms with E-state index in [0.29, 0.717) is 59.7 Å². The van der Waals surface area contributed by atoms with E-state index in [2.05, 4.69) is 48.5 Å². The van der Waals surface area contributed by atoms with E-state index in [1.54, 1.807) is 7.05 Å². The van der Waals surface area contributed by atoms with Gasteiger partial charge in [0.2, 0.25) is 0 Å². The molecule has 2 amide bonds. The van der Waals surface area contributed by atoms with Crippen LogP contribution in [0.4, 0.5) is 4.79 Å². The zero-order valence-electron chi connectivity index (χ0n) is 29.7. The first-order valence-corrected chi connectivity index (χ1v) is 19.6. The number of aliphatic hydroxyl groups excluding tert-OH is 1. The zero-order chi connectivity index (χ0) is 32.3. The topological polar surface area (TPSA) is 95.1 Å². The Bertz CT molecular complexity index is 1080. The highest BCUT2D eigenvalue weighted by Gasteiger charge is 2.69. The van der Waals surface area contributed by atoms with Gasteiger partial charge in [-0.1, -0.05) is 47.0 Å². The van der Waals surface area contributed by atoms with E-state index in [1.807, 2.05) is 0 Å². The third-order valence-electron chi connectivity index (χ3n) is 15.5. The number of hydrogen-bond donors (Lipinski definition) is 4. The molecule has 7 rings (SSSR count). The van der Waals surface area contributed by atoms with E-state index in [0.717, 1.165) is 56.5 Å². The van der Waals surface area contributed by atoms with Crippen LogP contribution in [0, 0.1) is 52.3 Å². The van der Waals surface area contributed by atoms with Gasteiger partial charge in [0.05, 0.1) is 12.7 Å². The van der Waals surface area contributed by atoms with Gasteiger partial charge in [0.25, 0.3) is 0 Å². The molecule has 0 bridgehead atoms. The Labute approximate surface area is 279 Å². The van der Waals surface area contributed by atoms with Crippen molar-refractivity contribution in [2.45, 2.75) is 154 Å². The maximum Gasteiger partial charge on any atom is 0.317 e. The predicted octanol–water partition coefficient (Wildman–Crippen LogP) is 6.23. The van der Waals surface area contributed by atoms with Crippen LogP contribution in [0.3, 0.4) is 0 Å². The van der Waals surface area contributed by atoms with Gasteiger partial charge in [0.15, 0.2) is 12.1 Å². The summed E-state index contributed by atoms with van der Waals surface area (Å²) < 4.78 is 13.6. The molecule has 0 radical (unpaired) electrons. The third kappa shape index (κ3) is 5.76. The van der Waals surface area contributed by atoms with Crippen LogP contribution < -0.4 is 16.0 Å². The maximum absolute atomic E-state index is 13.8. The van der Waals surface area contributed by atoms with Crippen LogP contribution >= 0.6 is 0 Å². The average Bonchev–Trinajstić information content (AvgIpc) is 3.50. The molecule has 5 aliphatic carbocycles. The molecule has 4 N–H and O–H groups in total. The number of fused-ring (bicyclic) bond motifs is 7. The molecule has 8 nitrogen and oxygen atoms in total. The first-order valence-electron chi connectivity index (χ1n) is 19.6. The number of nitrogens with one attached hydrogen (secondary N) is 3. The number of rotatable bonds is 7. The fraction of sp³-hybridized carbons (Fsp3) is 0.974. The minimum atomic E-state index is -0.744. The van der Waals surface area contributed by atoms with Gasteiger partial charge in [-0.15, -0.1) is 0 Å². The van der Waals surface area contributed by atoms with E-state index in [-0.39, 0.29) is 17.9 Å². The molecule has 13 atom stereocenters. The number of hydrogen-bond acceptors (Lipinski definition) is 6. The Morgan fingerprint density at radius 2 is 1.72 bits per heavy atom. The zero-order valence-corrected chi connectivity index (χ0v) is 29.7. The lowest BCUT2D eigenvalue weighted by molar-refractivity contribution is -0.273. The highest BCUT2D eigenvalue weighted by atomic mass is 16.7. The molecular weight excluding hydrogens is 576 g/mol. The number of carbonyl (C=O) groups excluding carboxylic acids is 1. The van der Waals surface area contributed by atoms with Crippen molar-refractivity contribution in [3.8, 4) is 0 Å². The number of aliphatic hydroxyl groups is 1. The van der Waals surface area contributed by atoms with Crippen molar-refractivity contribution in [2.24, 2.45) is 52.3 Å². The van der Waals surface area contributed by atoms with Crippen LogP contribution in [0.15, 0.2) is 0 Å². The van der Waals surface area contributed by atoms with Gasteiger partial charge in [-0.25, -0.2) is 4.79 Å². The summed E-state index contributed by atoms with van der Waals surface area (Å²) in [5.74, 6) is 4.54. The van der Waals surface area contributed by atoms with Crippen LogP contribution in [0.2, 0.25) is 0 Å². The normalized spacial score (nSPS) is 47.8. The number of urea groups is 1. The van der Waals surface area contributed by atoms with E-state index < -0.39 is 6.35 Å². The lowest BCUT2D eigenvalue weighted by Gasteiger charge is -2.61. The molecule has 1 spiro atoms. The Morgan fingerprint density at radius 3 is 2.46 bits per heavy atom. The monoisotopic (exact) mass is 643 g/mol. The molecule has 7 aliphatic rings. The number of ether oxygens (including phenoxy) is 2. The van der Waals surface area contributed by atoms with Gasteiger partial charge >= 0.3 is 6.03 Å². The van der Waals surface area contributed by atoms with Gasteiger partial charge in [0, 0.05) is 37.5 Å². The summed E-state index contributed by atoms with van der Waals surface area (Å²) in [6.07, 6.45) is 17.9. The number of carbonyl (C=O) groups is 1. The van der Waals surface area contributed by atoms with Crippen molar-refractivity contribution in [2.75, 3.05) is 26.7 Å². The molecule has 46 heavy (non-hydrogen) atoms. The van der Waals surface area contributed by atoms with Gasteiger partial charge in [-0.3, -0.25) is 10.6 Å². The largest absolute Gasteiger partial charge is 0.365 e. The van der Waals surface area contributed by atoms with Crippen molar-refractivity contribution in [1.82, 2.24) is 20.9 Å². The van der Waals surface area contributed by atoms with Crippen LogP contribution in [-0.4, -0.2) is 73.1 Å². The lowest BCUT2D eigenvalue weighted by atomic mass is 9.44. The highest BCUT2D eigenvalue weighted by Crippen LogP contribution is 2.71. The highest BCUT2D eigenvalue weighted by molar-refractivity contribution is 5.75. The van der Waals surface area contributed by atoms with Gasteiger partial charge < -0.3 is 24.8 Å². The Balaban J connectivity index is 0.985. The van der Waals surface area contributed by atoms with Gasteiger partial charge in [0.1, 0.15) is 0 Å². The van der Waals surface area contributed by atoms with E-state index in [4.69, 9.17) is 9.47 Å². The summed E-state index contributed by atoms with van der Waals surface area (Å²) in [5, 5.41) is 19.4. The molecule has 0 aromatic carbocycles. The predicted molar refractivity (Wildman–Crippen MR) is 181 cm³/mol. The summed E-state index contributed by atoms with van der Waals surface area (Å²) in [6.45, 7) is 12.1. The molecule has 8 heteroatoms. The molecule has 262 valence electrons. The molecular formula is C38H66N4O4. The molecule has 2 heterocycles.